The van der Waals surface area contributed by atoms with E-state index < -0.39 is 0 Å². The molecule has 2 fully saturated rings. The van der Waals surface area contributed by atoms with Gasteiger partial charge in [0.25, 0.3) is 0 Å². The second-order valence-electron chi connectivity index (χ2n) is 5.78. The van der Waals surface area contributed by atoms with Gasteiger partial charge in [-0.3, -0.25) is 9.59 Å². The van der Waals surface area contributed by atoms with Crippen LogP contribution in [0.5, 0.6) is 0 Å². The molecule has 0 aliphatic carbocycles. The van der Waals surface area contributed by atoms with E-state index in [9.17, 15) is 9.59 Å². The van der Waals surface area contributed by atoms with Gasteiger partial charge in [0, 0.05) is 45.7 Å². The number of hydrogen-bond donors (Lipinski definition) is 1. The van der Waals surface area contributed by atoms with E-state index in [-0.39, 0.29) is 11.8 Å². The highest BCUT2D eigenvalue weighted by Gasteiger charge is 2.19. The summed E-state index contributed by atoms with van der Waals surface area (Å²) in [4.78, 5) is 25.0. The van der Waals surface area contributed by atoms with Gasteiger partial charge in [0.15, 0.2) is 0 Å². The lowest BCUT2D eigenvalue weighted by molar-refractivity contribution is -0.127. The maximum atomic E-state index is 11.7. The Morgan fingerprint density at radius 1 is 1.35 bits per heavy atom. The van der Waals surface area contributed by atoms with Gasteiger partial charge in [0.2, 0.25) is 11.8 Å². The van der Waals surface area contributed by atoms with Gasteiger partial charge < -0.3 is 15.0 Å². The maximum Gasteiger partial charge on any atom is 0.222 e. The largest absolute Gasteiger partial charge is 0.381 e. The molecule has 0 spiro atoms. The zero-order chi connectivity index (χ0) is 14.2. The SMILES string of the molecule is O=C(CCC1CCOCC1)NCCCN1CCCC1=O. The monoisotopic (exact) mass is 282 g/mol. The Bertz CT molecular complexity index is 327. The van der Waals surface area contributed by atoms with Crippen molar-refractivity contribution in [3.63, 3.8) is 0 Å². The normalized spacial score (nSPS) is 20.4. The highest BCUT2D eigenvalue weighted by molar-refractivity contribution is 5.78. The summed E-state index contributed by atoms with van der Waals surface area (Å²) in [6.07, 6.45) is 6.30. The molecular formula is C15H26N2O3. The van der Waals surface area contributed by atoms with Gasteiger partial charge in [-0.2, -0.15) is 0 Å². The Balaban J connectivity index is 1.48. The Morgan fingerprint density at radius 2 is 2.15 bits per heavy atom. The van der Waals surface area contributed by atoms with Gasteiger partial charge in [-0.05, 0) is 38.0 Å². The lowest BCUT2D eigenvalue weighted by Gasteiger charge is -2.21. The topological polar surface area (TPSA) is 58.6 Å². The number of carbonyl (C=O) groups excluding carboxylic acids is 2. The molecule has 2 aliphatic rings. The lowest BCUT2D eigenvalue weighted by atomic mass is 9.95. The fourth-order valence-corrected chi connectivity index (χ4v) is 2.90. The predicted molar refractivity (Wildman–Crippen MR) is 76.2 cm³/mol. The third kappa shape index (κ3) is 5.12. The molecule has 0 atom stereocenters. The van der Waals surface area contributed by atoms with Crippen LogP contribution >= 0.6 is 0 Å². The molecule has 0 aromatic heterocycles. The van der Waals surface area contributed by atoms with E-state index in [1.807, 2.05) is 4.90 Å². The molecule has 20 heavy (non-hydrogen) atoms. The summed E-state index contributed by atoms with van der Waals surface area (Å²) in [5, 5.41) is 2.95. The van der Waals surface area contributed by atoms with Crippen molar-refractivity contribution in [1.82, 2.24) is 10.2 Å². The summed E-state index contributed by atoms with van der Waals surface area (Å²) in [6, 6.07) is 0. The maximum absolute atomic E-state index is 11.7. The van der Waals surface area contributed by atoms with Gasteiger partial charge in [-0.1, -0.05) is 0 Å². The van der Waals surface area contributed by atoms with Crippen LogP contribution in [0.15, 0.2) is 0 Å². The number of nitrogens with one attached hydrogen (secondary N) is 1. The van der Waals surface area contributed by atoms with Crippen LogP contribution in [0, 0.1) is 5.92 Å². The molecule has 1 N–H and O–H groups in total. The molecule has 2 rings (SSSR count). The first-order chi connectivity index (χ1) is 9.75. The smallest absolute Gasteiger partial charge is 0.222 e. The second-order valence-corrected chi connectivity index (χ2v) is 5.78. The average molecular weight is 282 g/mol. The number of ether oxygens (including phenoxy) is 1. The third-order valence-corrected chi connectivity index (χ3v) is 4.22. The summed E-state index contributed by atoms with van der Waals surface area (Å²) in [7, 11) is 0. The molecule has 114 valence electrons. The molecule has 2 heterocycles. The first kappa shape index (κ1) is 15.3. The highest BCUT2D eigenvalue weighted by atomic mass is 16.5. The first-order valence-corrected chi connectivity index (χ1v) is 7.88. The van der Waals surface area contributed by atoms with Crippen LogP contribution in [0.4, 0.5) is 0 Å². The number of amides is 2. The van der Waals surface area contributed by atoms with Crippen LogP contribution in [-0.2, 0) is 14.3 Å². The molecule has 2 aliphatic heterocycles. The summed E-state index contributed by atoms with van der Waals surface area (Å²) >= 11 is 0. The highest BCUT2D eigenvalue weighted by Crippen LogP contribution is 2.19. The van der Waals surface area contributed by atoms with Crippen LogP contribution in [0.3, 0.4) is 0 Å². The Kier molecular flexibility index (Phi) is 6.30. The van der Waals surface area contributed by atoms with Gasteiger partial charge in [-0.15, -0.1) is 0 Å². The molecule has 5 heteroatoms. The van der Waals surface area contributed by atoms with Crippen LogP contribution in [-0.4, -0.2) is 49.6 Å². The Hall–Kier alpha value is -1.10. The average Bonchev–Trinajstić information content (AvgIpc) is 2.88. The van der Waals surface area contributed by atoms with E-state index >= 15 is 0 Å². The molecule has 2 amide bonds. The van der Waals surface area contributed by atoms with E-state index in [1.54, 1.807) is 0 Å². The Morgan fingerprint density at radius 3 is 2.85 bits per heavy atom. The van der Waals surface area contributed by atoms with Gasteiger partial charge in [-0.25, -0.2) is 0 Å². The van der Waals surface area contributed by atoms with Crippen molar-refractivity contribution in [1.29, 1.82) is 0 Å². The number of rotatable bonds is 7. The quantitative estimate of drug-likeness (QED) is 0.717. The molecule has 0 aromatic carbocycles. The molecule has 2 saturated heterocycles. The van der Waals surface area contributed by atoms with Gasteiger partial charge >= 0.3 is 0 Å². The molecular weight excluding hydrogens is 256 g/mol. The van der Waals surface area contributed by atoms with Crippen LogP contribution in [0.1, 0.15) is 44.9 Å². The minimum Gasteiger partial charge on any atom is -0.381 e. The molecule has 0 bridgehead atoms. The molecule has 0 unspecified atom stereocenters. The summed E-state index contributed by atoms with van der Waals surface area (Å²) in [5.74, 6) is 1.05. The number of nitrogens with zero attached hydrogens (tertiary/aromatic N) is 1. The van der Waals surface area contributed by atoms with Gasteiger partial charge in [0.05, 0.1) is 0 Å². The number of hydrogen-bond acceptors (Lipinski definition) is 3. The van der Waals surface area contributed by atoms with E-state index in [1.165, 1.54) is 0 Å². The lowest BCUT2D eigenvalue weighted by Crippen LogP contribution is -2.30. The van der Waals surface area contributed by atoms with Crippen molar-refractivity contribution in [2.75, 3.05) is 32.8 Å². The van der Waals surface area contributed by atoms with E-state index in [4.69, 9.17) is 4.74 Å². The van der Waals surface area contributed by atoms with Crippen molar-refractivity contribution < 1.29 is 14.3 Å². The Labute approximate surface area is 121 Å². The number of likely N-dealkylation sites (tertiary alicyclic amines) is 1. The summed E-state index contributed by atoms with van der Waals surface area (Å²) < 4.78 is 5.31. The molecule has 0 radical (unpaired) electrons. The third-order valence-electron chi connectivity index (χ3n) is 4.22. The zero-order valence-electron chi connectivity index (χ0n) is 12.2. The molecule has 0 saturated carbocycles. The van der Waals surface area contributed by atoms with Crippen LogP contribution in [0.25, 0.3) is 0 Å². The summed E-state index contributed by atoms with van der Waals surface area (Å²) in [6.45, 7) is 4.03. The van der Waals surface area contributed by atoms with Crippen molar-refractivity contribution in [3.05, 3.63) is 0 Å². The predicted octanol–water partition coefficient (Wildman–Crippen LogP) is 1.32. The standard InChI is InChI=1S/C15H26N2O3/c18-14(5-4-13-6-11-20-12-7-13)16-8-2-10-17-9-1-3-15(17)19/h13H,1-12H2,(H,16,18). The fourth-order valence-electron chi connectivity index (χ4n) is 2.90. The second kappa shape index (κ2) is 8.25. The number of carbonyl (C=O) groups is 2. The first-order valence-electron chi connectivity index (χ1n) is 7.88. The zero-order valence-corrected chi connectivity index (χ0v) is 12.2. The molecule has 0 aromatic rings. The van der Waals surface area contributed by atoms with Crippen molar-refractivity contribution in [2.24, 2.45) is 5.92 Å². The van der Waals surface area contributed by atoms with Crippen molar-refractivity contribution in [3.8, 4) is 0 Å². The minimum atomic E-state index is 0.143. The molecule has 5 nitrogen and oxygen atoms in total. The van der Waals surface area contributed by atoms with Crippen molar-refractivity contribution >= 4 is 11.8 Å². The van der Waals surface area contributed by atoms with E-state index in [2.05, 4.69) is 5.32 Å². The summed E-state index contributed by atoms with van der Waals surface area (Å²) in [5.41, 5.74) is 0. The van der Waals surface area contributed by atoms with E-state index in [0.29, 0.717) is 25.3 Å². The van der Waals surface area contributed by atoms with Crippen LogP contribution in [0.2, 0.25) is 0 Å². The van der Waals surface area contributed by atoms with Crippen molar-refractivity contribution in [2.45, 2.75) is 44.9 Å². The van der Waals surface area contributed by atoms with Gasteiger partial charge in [0.1, 0.15) is 0 Å². The minimum absolute atomic E-state index is 0.143. The van der Waals surface area contributed by atoms with Crippen LogP contribution < -0.4 is 5.32 Å². The fraction of sp³-hybridized carbons (Fsp3) is 0.867. The van der Waals surface area contributed by atoms with E-state index in [0.717, 1.165) is 58.4 Å².